The van der Waals surface area contributed by atoms with Gasteiger partial charge in [0, 0.05) is 31.2 Å². The van der Waals surface area contributed by atoms with Crippen molar-refractivity contribution < 1.29 is 0 Å². The van der Waals surface area contributed by atoms with Crippen LogP contribution in [-0.4, -0.2) is 22.3 Å². The van der Waals surface area contributed by atoms with Crippen molar-refractivity contribution in [1.82, 2.24) is 9.78 Å². The minimum atomic E-state index is 0.389. The van der Waals surface area contributed by atoms with Crippen molar-refractivity contribution in [2.75, 3.05) is 11.9 Å². The lowest BCUT2D eigenvalue weighted by atomic mass is 10.1. The summed E-state index contributed by atoms with van der Waals surface area (Å²) in [6.07, 6.45) is 7.38. The second-order valence-corrected chi connectivity index (χ2v) is 6.02. The second kappa shape index (κ2) is 6.64. The number of nitrogens with zero attached hydrogens (tertiary/aromatic N) is 3. The third-order valence-electron chi connectivity index (χ3n) is 4.00. The van der Waals surface area contributed by atoms with Crippen molar-refractivity contribution in [3.05, 3.63) is 47.8 Å². The summed E-state index contributed by atoms with van der Waals surface area (Å²) in [6.45, 7) is 3.68. The van der Waals surface area contributed by atoms with E-state index >= 15 is 0 Å². The summed E-state index contributed by atoms with van der Waals surface area (Å²) in [5, 5.41) is 7.40. The topological polar surface area (TPSA) is 68.2 Å². The largest absolute Gasteiger partial charge is 0.370 e. The highest BCUT2D eigenvalue weighted by Gasteiger charge is 2.11. The first-order chi connectivity index (χ1) is 10.7. The number of aryl methyl sites for hydroxylation is 2. The average molecular weight is 297 g/mol. The van der Waals surface area contributed by atoms with E-state index in [0.29, 0.717) is 18.4 Å². The molecule has 0 radical (unpaired) electrons. The van der Waals surface area contributed by atoms with E-state index in [1.165, 1.54) is 30.4 Å². The zero-order valence-electron chi connectivity index (χ0n) is 13.0. The molecule has 1 aliphatic carbocycles. The van der Waals surface area contributed by atoms with Crippen molar-refractivity contribution in [1.29, 1.82) is 0 Å². The van der Waals surface area contributed by atoms with Gasteiger partial charge in [-0.2, -0.15) is 5.10 Å². The predicted octanol–water partition coefficient (Wildman–Crippen LogP) is 2.43. The van der Waals surface area contributed by atoms with Crippen LogP contribution in [0.4, 0.5) is 5.69 Å². The van der Waals surface area contributed by atoms with E-state index in [2.05, 4.69) is 40.5 Å². The van der Waals surface area contributed by atoms with Gasteiger partial charge in [-0.25, -0.2) is 0 Å². The number of rotatable bonds is 5. The van der Waals surface area contributed by atoms with Crippen LogP contribution in [0.3, 0.4) is 0 Å². The van der Waals surface area contributed by atoms with E-state index in [1.54, 1.807) is 6.20 Å². The highest BCUT2D eigenvalue weighted by Crippen LogP contribution is 2.24. The van der Waals surface area contributed by atoms with Gasteiger partial charge in [-0.05, 0) is 54.5 Å². The molecule has 0 saturated heterocycles. The number of guanidine groups is 1. The Morgan fingerprint density at radius 3 is 3.09 bits per heavy atom. The molecule has 1 atom stereocenters. The van der Waals surface area contributed by atoms with E-state index < -0.39 is 0 Å². The van der Waals surface area contributed by atoms with Crippen molar-refractivity contribution in [2.45, 2.75) is 32.7 Å². The minimum Gasteiger partial charge on any atom is -0.370 e. The summed E-state index contributed by atoms with van der Waals surface area (Å²) in [4.78, 5) is 4.44. The lowest BCUT2D eigenvalue weighted by Crippen LogP contribution is -2.24. The highest BCUT2D eigenvalue weighted by atomic mass is 15.3. The zero-order valence-corrected chi connectivity index (χ0v) is 13.0. The maximum atomic E-state index is 5.99. The van der Waals surface area contributed by atoms with Gasteiger partial charge >= 0.3 is 0 Å². The van der Waals surface area contributed by atoms with Crippen molar-refractivity contribution in [3.8, 4) is 0 Å². The lowest BCUT2D eigenvalue weighted by molar-refractivity contribution is 0.459. The van der Waals surface area contributed by atoms with Gasteiger partial charge in [-0.1, -0.05) is 13.0 Å². The molecule has 1 unspecified atom stereocenters. The van der Waals surface area contributed by atoms with Crippen LogP contribution in [0.5, 0.6) is 0 Å². The molecular formula is C17H23N5. The molecule has 0 bridgehead atoms. The molecule has 0 fully saturated rings. The van der Waals surface area contributed by atoms with Crippen LogP contribution < -0.4 is 11.1 Å². The Morgan fingerprint density at radius 2 is 2.27 bits per heavy atom. The average Bonchev–Trinajstić information content (AvgIpc) is 3.15. The minimum absolute atomic E-state index is 0.389. The summed E-state index contributed by atoms with van der Waals surface area (Å²) in [7, 11) is 0. The van der Waals surface area contributed by atoms with Crippen LogP contribution in [0.2, 0.25) is 0 Å². The number of hydrogen-bond donors (Lipinski definition) is 2. The molecule has 1 aromatic heterocycles. The molecule has 5 heteroatoms. The van der Waals surface area contributed by atoms with Crippen molar-refractivity contribution >= 4 is 11.6 Å². The molecule has 116 valence electrons. The molecule has 3 N–H and O–H groups in total. The Balaban J connectivity index is 1.53. The number of hydrogen-bond acceptors (Lipinski definition) is 2. The Hall–Kier alpha value is -2.30. The molecule has 2 aromatic rings. The summed E-state index contributed by atoms with van der Waals surface area (Å²) >= 11 is 0. The number of fused-ring (bicyclic) bond motifs is 1. The fourth-order valence-electron chi connectivity index (χ4n) is 2.88. The zero-order chi connectivity index (χ0) is 15.4. The van der Waals surface area contributed by atoms with Crippen LogP contribution in [0.1, 0.15) is 24.5 Å². The summed E-state index contributed by atoms with van der Waals surface area (Å²) in [5.41, 5.74) is 9.92. The van der Waals surface area contributed by atoms with Crippen LogP contribution in [-0.2, 0) is 19.4 Å². The SMILES string of the molecule is CC(CN=C(N)Nc1ccc2c(c1)CCC2)Cn1cccn1. The Labute approximate surface area is 131 Å². The predicted molar refractivity (Wildman–Crippen MR) is 90.0 cm³/mol. The van der Waals surface area contributed by atoms with Gasteiger partial charge in [-0.15, -0.1) is 0 Å². The maximum absolute atomic E-state index is 5.99. The van der Waals surface area contributed by atoms with E-state index in [1.807, 2.05) is 16.9 Å². The number of benzene rings is 1. The summed E-state index contributed by atoms with van der Waals surface area (Å²) < 4.78 is 1.92. The Kier molecular flexibility index (Phi) is 4.42. The number of nitrogens with one attached hydrogen (secondary N) is 1. The van der Waals surface area contributed by atoms with Gasteiger partial charge in [0.25, 0.3) is 0 Å². The molecule has 1 heterocycles. The fraction of sp³-hybridized carbons (Fsp3) is 0.412. The van der Waals surface area contributed by atoms with Gasteiger partial charge in [0.05, 0.1) is 0 Å². The first kappa shape index (κ1) is 14.6. The first-order valence-corrected chi connectivity index (χ1v) is 7.87. The molecule has 5 nitrogen and oxygen atoms in total. The van der Waals surface area contributed by atoms with Crippen LogP contribution in [0, 0.1) is 5.92 Å². The number of nitrogens with two attached hydrogens (primary N) is 1. The maximum Gasteiger partial charge on any atom is 0.193 e. The van der Waals surface area contributed by atoms with Gasteiger partial charge in [0.1, 0.15) is 0 Å². The van der Waals surface area contributed by atoms with Gasteiger partial charge in [0.2, 0.25) is 0 Å². The first-order valence-electron chi connectivity index (χ1n) is 7.87. The normalized spacial score (nSPS) is 15.6. The fourth-order valence-corrected chi connectivity index (χ4v) is 2.88. The molecule has 0 aliphatic heterocycles. The Morgan fingerprint density at radius 1 is 1.41 bits per heavy atom. The van der Waals surface area contributed by atoms with E-state index in [0.717, 1.165) is 12.2 Å². The van der Waals surface area contributed by atoms with Gasteiger partial charge in [0.15, 0.2) is 5.96 Å². The standard InChI is InChI=1S/C17H23N5/c1-13(12-22-9-3-8-20-22)11-19-17(18)21-16-7-6-14-4-2-5-15(14)10-16/h3,6-10,13H,2,4-5,11-12H2,1H3,(H3,18,19,21). The molecule has 3 rings (SSSR count). The third-order valence-corrected chi connectivity index (χ3v) is 4.00. The van der Waals surface area contributed by atoms with Gasteiger partial charge in [-0.3, -0.25) is 9.67 Å². The molecule has 1 aromatic carbocycles. The lowest BCUT2D eigenvalue weighted by Gasteiger charge is -2.11. The van der Waals surface area contributed by atoms with E-state index in [9.17, 15) is 0 Å². The quantitative estimate of drug-likeness (QED) is 0.658. The summed E-state index contributed by atoms with van der Waals surface area (Å²) in [6, 6.07) is 8.40. The van der Waals surface area contributed by atoms with Crippen molar-refractivity contribution in [2.24, 2.45) is 16.6 Å². The van der Waals surface area contributed by atoms with Crippen LogP contribution in [0.15, 0.2) is 41.7 Å². The van der Waals surface area contributed by atoms with Crippen LogP contribution >= 0.6 is 0 Å². The van der Waals surface area contributed by atoms with Crippen LogP contribution in [0.25, 0.3) is 0 Å². The van der Waals surface area contributed by atoms with Crippen molar-refractivity contribution in [3.63, 3.8) is 0 Å². The monoisotopic (exact) mass is 297 g/mol. The molecular weight excluding hydrogens is 274 g/mol. The number of aromatic nitrogens is 2. The molecule has 22 heavy (non-hydrogen) atoms. The molecule has 0 saturated carbocycles. The van der Waals surface area contributed by atoms with E-state index in [-0.39, 0.29) is 0 Å². The number of aliphatic imine (C=N–C) groups is 1. The molecule has 0 spiro atoms. The number of anilines is 1. The van der Waals surface area contributed by atoms with Gasteiger partial charge < -0.3 is 11.1 Å². The highest BCUT2D eigenvalue weighted by molar-refractivity contribution is 5.92. The molecule has 0 amide bonds. The smallest absolute Gasteiger partial charge is 0.193 e. The summed E-state index contributed by atoms with van der Waals surface area (Å²) in [5.74, 6) is 0.866. The molecule has 1 aliphatic rings. The third kappa shape index (κ3) is 3.67. The second-order valence-electron chi connectivity index (χ2n) is 6.02. The Bertz CT molecular complexity index is 645. The van der Waals surface area contributed by atoms with E-state index in [4.69, 9.17) is 5.73 Å².